The number of nitrogens with one attached hydrogen (secondary N) is 2. The molecule has 4 rings (SSSR count). The predicted octanol–water partition coefficient (Wildman–Crippen LogP) is 5.65. The molecule has 0 saturated carbocycles. The lowest BCUT2D eigenvalue weighted by Crippen LogP contribution is -2.20. The van der Waals surface area contributed by atoms with E-state index in [4.69, 9.17) is 9.26 Å². The van der Waals surface area contributed by atoms with Gasteiger partial charge in [-0.2, -0.15) is 0 Å². The zero-order chi connectivity index (χ0) is 23.1. The van der Waals surface area contributed by atoms with Crippen LogP contribution < -0.4 is 9.61 Å². The Hall–Kier alpha value is -3.45. The van der Waals surface area contributed by atoms with Crippen molar-refractivity contribution >= 4 is 24.1 Å². The minimum atomic E-state index is -3.45. The van der Waals surface area contributed by atoms with Gasteiger partial charge in [-0.25, -0.2) is 5.09 Å². The molecule has 0 radical (unpaired) electrons. The Morgan fingerprint density at radius 3 is 2.45 bits per heavy atom. The van der Waals surface area contributed by atoms with Gasteiger partial charge in [-0.1, -0.05) is 48.5 Å². The second-order valence-electron chi connectivity index (χ2n) is 7.50. The fourth-order valence-electron chi connectivity index (χ4n) is 3.46. The van der Waals surface area contributed by atoms with Crippen molar-refractivity contribution in [3.63, 3.8) is 0 Å². The normalized spacial score (nSPS) is 13.0. The fourth-order valence-corrected chi connectivity index (χ4v) is 4.92. The average molecular weight is 465 g/mol. The van der Waals surface area contributed by atoms with Crippen molar-refractivity contribution in [2.45, 2.75) is 13.0 Å². The van der Waals surface area contributed by atoms with Crippen molar-refractivity contribution in [3.8, 4) is 5.75 Å². The highest BCUT2D eigenvalue weighted by atomic mass is 31.2. The van der Waals surface area contributed by atoms with Crippen molar-refractivity contribution in [2.24, 2.45) is 0 Å². The van der Waals surface area contributed by atoms with E-state index >= 15 is 0 Å². The molecule has 0 spiro atoms. The maximum Gasteiger partial charge on any atom is 0.341 e. The Balaban J connectivity index is 1.43. The molecule has 0 aliphatic heterocycles. The number of hydrogen-bond donors (Lipinski definition) is 2. The van der Waals surface area contributed by atoms with Crippen LogP contribution >= 0.6 is 7.52 Å². The number of H-pyrrole nitrogens is 1. The van der Waals surface area contributed by atoms with Gasteiger partial charge in [-0.15, -0.1) is 0 Å². The lowest BCUT2D eigenvalue weighted by molar-refractivity contribution is -0.384. The van der Waals surface area contributed by atoms with Gasteiger partial charge in [0, 0.05) is 35.8 Å². The SMILES string of the molecule is O=[N+]([O-])c1ccc(OP(=O)(COCc2ccccc2)NCCc2c[nH]c3ccccc23)cc1. The number of aromatic nitrogens is 1. The predicted molar refractivity (Wildman–Crippen MR) is 127 cm³/mol. The van der Waals surface area contributed by atoms with Gasteiger partial charge in [0.1, 0.15) is 12.1 Å². The summed E-state index contributed by atoms with van der Waals surface area (Å²) in [6.45, 7) is 0.694. The molecule has 8 nitrogen and oxygen atoms in total. The molecule has 0 aliphatic carbocycles. The zero-order valence-electron chi connectivity index (χ0n) is 17.8. The molecule has 3 aromatic carbocycles. The summed E-state index contributed by atoms with van der Waals surface area (Å²) < 4.78 is 25.1. The Morgan fingerprint density at radius 1 is 0.970 bits per heavy atom. The number of ether oxygens (including phenoxy) is 1. The molecule has 1 heterocycles. The van der Waals surface area contributed by atoms with E-state index in [0.717, 1.165) is 22.0 Å². The summed E-state index contributed by atoms with van der Waals surface area (Å²) in [6, 6.07) is 23.1. The molecule has 2 N–H and O–H groups in total. The van der Waals surface area contributed by atoms with Gasteiger partial charge in [0.25, 0.3) is 5.69 Å². The number of hydrogen-bond acceptors (Lipinski definition) is 5. The van der Waals surface area contributed by atoms with E-state index < -0.39 is 12.4 Å². The molecule has 9 heteroatoms. The summed E-state index contributed by atoms with van der Waals surface area (Å²) >= 11 is 0. The number of fused-ring (bicyclic) bond motifs is 1. The first-order valence-electron chi connectivity index (χ1n) is 10.5. The first-order chi connectivity index (χ1) is 16.0. The van der Waals surface area contributed by atoms with Crippen LogP contribution in [0.3, 0.4) is 0 Å². The number of rotatable bonds is 11. The van der Waals surface area contributed by atoms with Crippen LogP contribution in [0.2, 0.25) is 0 Å². The minimum absolute atomic E-state index is 0.0650. The summed E-state index contributed by atoms with van der Waals surface area (Å²) in [4.78, 5) is 13.6. The van der Waals surface area contributed by atoms with Crippen molar-refractivity contribution in [2.75, 3.05) is 12.9 Å². The van der Waals surface area contributed by atoms with E-state index in [0.29, 0.717) is 19.6 Å². The molecule has 0 aliphatic rings. The molecule has 170 valence electrons. The van der Waals surface area contributed by atoms with Crippen molar-refractivity contribution in [1.82, 2.24) is 10.1 Å². The standard InChI is InChI=1S/C24H24N3O5P/c28-27(29)21-10-12-22(13-11-21)32-33(30,18-31-17-19-6-2-1-3-7-19)26-15-14-20-16-25-24-9-5-4-8-23(20)24/h1-13,16,25H,14-15,17-18H2,(H,26,30). The number of benzene rings is 3. The highest BCUT2D eigenvalue weighted by Crippen LogP contribution is 2.43. The second-order valence-corrected chi connectivity index (χ2v) is 9.60. The number of nitro benzene ring substituents is 1. The van der Waals surface area contributed by atoms with Crippen molar-refractivity contribution in [1.29, 1.82) is 0 Å². The third-order valence-corrected chi connectivity index (χ3v) is 6.83. The van der Waals surface area contributed by atoms with E-state index in [1.165, 1.54) is 24.3 Å². The van der Waals surface area contributed by atoms with Crippen LogP contribution in [0, 0.1) is 10.1 Å². The second kappa shape index (κ2) is 10.4. The topological polar surface area (TPSA) is 106 Å². The van der Waals surface area contributed by atoms with Gasteiger partial charge in [0.15, 0.2) is 0 Å². The van der Waals surface area contributed by atoms with E-state index in [-0.39, 0.29) is 17.8 Å². The number of non-ortho nitro benzene ring substituents is 1. The Labute approximate surface area is 191 Å². The largest absolute Gasteiger partial charge is 0.431 e. The highest BCUT2D eigenvalue weighted by Gasteiger charge is 2.25. The van der Waals surface area contributed by atoms with Crippen molar-refractivity contribution in [3.05, 3.63) is 106 Å². The van der Waals surface area contributed by atoms with Crippen LogP contribution in [0.25, 0.3) is 10.9 Å². The van der Waals surface area contributed by atoms with Gasteiger partial charge in [-0.05, 0) is 35.7 Å². The van der Waals surface area contributed by atoms with Crippen LogP contribution in [0.1, 0.15) is 11.1 Å². The van der Waals surface area contributed by atoms with E-state index in [9.17, 15) is 14.7 Å². The maximum atomic E-state index is 13.6. The summed E-state index contributed by atoms with van der Waals surface area (Å²) in [5.74, 6) is 0.270. The van der Waals surface area contributed by atoms with Crippen LogP contribution in [0.15, 0.2) is 85.1 Å². The number of nitro groups is 1. The molecule has 1 aromatic heterocycles. The summed E-state index contributed by atoms with van der Waals surface area (Å²) in [5.41, 5.74) is 3.04. The van der Waals surface area contributed by atoms with Gasteiger partial charge in [-0.3, -0.25) is 14.7 Å². The summed E-state index contributed by atoms with van der Waals surface area (Å²) in [5, 5.41) is 15.0. The monoisotopic (exact) mass is 465 g/mol. The van der Waals surface area contributed by atoms with Crippen LogP contribution in [0.4, 0.5) is 5.69 Å². The number of aromatic amines is 1. The molecule has 0 saturated heterocycles. The van der Waals surface area contributed by atoms with E-state index in [1.807, 2.05) is 60.8 Å². The average Bonchev–Trinajstić information content (AvgIpc) is 3.23. The zero-order valence-corrected chi connectivity index (χ0v) is 18.7. The Morgan fingerprint density at radius 2 is 1.70 bits per heavy atom. The van der Waals surface area contributed by atoms with Gasteiger partial charge >= 0.3 is 7.52 Å². The Bertz CT molecular complexity index is 1260. The summed E-state index contributed by atoms with van der Waals surface area (Å²) in [7, 11) is -3.45. The molecule has 1 atom stereocenters. The van der Waals surface area contributed by atoms with Gasteiger partial charge in [0.2, 0.25) is 0 Å². The molecular weight excluding hydrogens is 441 g/mol. The number of para-hydroxylation sites is 1. The first-order valence-corrected chi connectivity index (χ1v) is 12.3. The molecule has 33 heavy (non-hydrogen) atoms. The quantitative estimate of drug-likeness (QED) is 0.168. The molecule has 1 unspecified atom stereocenters. The third-order valence-electron chi connectivity index (χ3n) is 5.10. The third kappa shape index (κ3) is 6.08. The summed E-state index contributed by atoms with van der Waals surface area (Å²) in [6.07, 6.45) is 2.43. The molecule has 0 amide bonds. The molecule has 0 fully saturated rings. The molecular formula is C24H24N3O5P. The highest BCUT2D eigenvalue weighted by molar-refractivity contribution is 7.57. The maximum absolute atomic E-state index is 13.6. The fraction of sp³-hybridized carbons (Fsp3) is 0.167. The lowest BCUT2D eigenvalue weighted by atomic mass is 10.1. The lowest BCUT2D eigenvalue weighted by Gasteiger charge is -2.20. The smallest absolute Gasteiger partial charge is 0.341 e. The molecule has 0 bridgehead atoms. The number of nitrogens with zero attached hydrogens (tertiary/aromatic N) is 1. The molecule has 4 aromatic rings. The Kier molecular flexibility index (Phi) is 7.19. The first kappa shape index (κ1) is 22.7. The van der Waals surface area contributed by atoms with E-state index in [2.05, 4.69) is 10.1 Å². The van der Waals surface area contributed by atoms with Gasteiger partial charge < -0.3 is 14.2 Å². The van der Waals surface area contributed by atoms with Crippen molar-refractivity contribution < 1.29 is 18.7 Å². The van der Waals surface area contributed by atoms with Gasteiger partial charge in [0.05, 0.1) is 11.5 Å². The van der Waals surface area contributed by atoms with Crippen LogP contribution in [0.5, 0.6) is 5.75 Å². The van der Waals surface area contributed by atoms with Crippen LogP contribution in [-0.4, -0.2) is 22.8 Å². The minimum Gasteiger partial charge on any atom is -0.431 e. The van der Waals surface area contributed by atoms with E-state index in [1.54, 1.807) is 0 Å². The van der Waals surface area contributed by atoms with Crippen LogP contribution in [-0.2, 0) is 22.3 Å².